The molecule has 2 rings (SSSR count). The van der Waals surface area contributed by atoms with E-state index in [4.69, 9.17) is 9.47 Å². The SMILES string of the molecule is CCOC(=O)c1sc(C(C)NC(=NC)NCc2cc(OC)ccc2O)nc1C.I. The molecule has 0 fully saturated rings. The number of aliphatic imine (C=N–C) groups is 1. The molecule has 2 aromatic rings. The molecule has 1 atom stereocenters. The topological polar surface area (TPSA) is 105 Å². The number of rotatable bonds is 7. The summed E-state index contributed by atoms with van der Waals surface area (Å²) in [6, 6.07) is 4.87. The number of aryl methyl sites for hydroxylation is 1. The molecule has 1 heterocycles. The summed E-state index contributed by atoms with van der Waals surface area (Å²) in [5.41, 5.74) is 1.33. The number of phenols is 1. The van der Waals surface area contributed by atoms with Gasteiger partial charge in [0.15, 0.2) is 5.96 Å². The Labute approximate surface area is 191 Å². The second-order valence-electron chi connectivity index (χ2n) is 5.97. The van der Waals surface area contributed by atoms with Crippen molar-refractivity contribution in [2.45, 2.75) is 33.4 Å². The fraction of sp³-hybridized carbons (Fsp3) is 0.421. The fourth-order valence-corrected chi connectivity index (χ4v) is 3.42. The zero-order valence-electron chi connectivity index (χ0n) is 17.1. The van der Waals surface area contributed by atoms with Crippen molar-refractivity contribution in [3.05, 3.63) is 39.3 Å². The van der Waals surface area contributed by atoms with Crippen LogP contribution in [0.5, 0.6) is 11.5 Å². The summed E-state index contributed by atoms with van der Waals surface area (Å²) in [7, 11) is 3.23. The number of aromatic hydroxyl groups is 1. The van der Waals surface area contributed by atoms with Crippen LogP contribution in [0.15, 0.2) is 23.2 Å². The average molecular weight is 534 g/mol. The third-order valence-corrected chi connectivity index (χ3v) is 5.27. The third-order valence-electron chi connectivity index (χ3n) is 3.95. The third kappa shape index (κ3) is 6.74. The highest BCUT2D eigenvalue weighted by Crippen LogP contribution is 2.25. The highest BCUT2D eigenvalue weighted by Gasteiger charge is 2.20. The number of methoxy groups -OCH3 is 1. The van der Waals surface area contributed by atoms with E-state index in [0.717, 1.165) is 5.01 Å². The molecule has 0 spiro atoms. The van der Waals surface area contributed by atoms with Gasteiger partial charge in [-0.3, -0.25) is 4.99 Å². The molecule has 0 amide bonds. The molecule has 1 unspecified atom stereocenters. The summed E-state index contributed by atoms with van der Waals surface area (Å²) in [4.78, 5) is 21.2. The molecule has 0 saturated carbocycles. The Morgan fingerprint density at radius 3 is 2.76 bits per heavy atom. The predicted molar refractivity (Wildman–Crippen MR) is 125 cm³/mol. The highest BCUT2D eigenvalue weighted by molar-refractivity contribution is 14.0. The molecular formula is C19H27IN4O4S. The van der Waals surface area contributed by atoms with Gasteiger partial charge in [0.25, 0.3) is 0 Å². The monoisotopic (exact) mass is 534 g/mol. The van der Waals surface area contributed by atoms with Crippen LogP contribution in [0.4, 0.5) is 0 Å². The molecule has 160 valence electrons. The van der Waals surface area contributed by atoms with Gasteiger partial charge in [0.05, 0.1) is 25.5 Å². The molecule has 3 N–H and O–H groups in total. The van der Waals surface area contributed by atoms with Crippen LogP contribution in [0.2, 0.25) is 0 Å². The molecule has 0 aliphatic carbocycles. The van der Waals surface area contributed by atoms with Crippen molar-refractivity contribution in [1.82, 2.24) is 15.6 Å². The molecule has 1 aromatic carbocycles. The van der Waals surface area contributed by atoms with Crippen molar-refractivity contribution in [3.8, 4) is 11.5 Å². The van der Waals surface area contributed by atoms with Gasteiger partial charge in [0.2, 0.25) is 0 Å². The van der Waals surface area contributed by atoms with E-state index in [-0.39, 0.29) is 41.7 Å². The number of esters is 1. The van der Waals surface area contributed by atoms with Crippen molar-refractivity contribution in [2.75, 3.05) is 20.8 Å². The lowest BCUT2D eigenvalue weighted by Gasteiger charge is -2.17. The van der Waals surface area contributed by atoms with Crippen LogP contribution in [0.3, 0.4) is 0 Å². The van der Waals surface area contributed by atoms with Crippen molar-refractivity contribution in [3.63, 3.8) is 0 Å². The van der Waals surface area contributed by atoms with Crippen LogP contribution in [0.1, 0.15) is 45.8 Å². The van der Waals surface area contributed by atoms with Crippen LogP contribution < -0.4 is 15.4 Å². The number of nitrogens with one attached hydrogen (secondary N) is 2. The number of carbonyl (C=O) groups excluding carboxylic acids is 1. The van der Waals surface area contributed by atoms with Crippen LogP contribution in [0, 0.1) is 6.92 Å². The zero-order chi connectivity index (χ0) is 20.7. The normalized spacial score (nSPS) is 12.0. The van der Waals surface area contributed by atoms with Crippen molar-refractivity contribution >= 4 is 47.2 Å². The van der Waals surface area contributed by atoms with E-state index in [9.17, 15) is 9.90 Å². The number of nitrogens with zero attached hydrogens (tertiary/aromatic N) is 2. The number of phenolic OH excluding ortho intramolecular Hbond substituents is 1. The Hall–Kier alpha value is -2.08. The summed E-state index contributed by atoms with van der Waals surface area (Å²) >= 11 is 1.30. The molecule has 29 heavy (non-hydrogen) atoms. The first-order valence-corrected chi connectivity index (χ1v) is 9.68. The lowest BCUT2D eigenvalue weighted by molar-refractivity contribution is 0.0531. The number of hydrogen-bond acceptors (Lipinski definition) is 7. The summed E-state index contributed by atoms with van der Waals surface area (Å²) in [5.74, 6) is 1.02. The lowest BCUT2D eigenvalue weighted by Crippen LogP contribution is -2.38. The Balaban J connectivity index is 0.00000420. The van der Waals surface area contributed by atoms with E-state index < -0.39 is 0 Å². The number of carbonyl (C=O) groups is 1. The van der Waals surface area contributed by atoms with E-state index in [2.05, 4.69) is 20.6 Å². The van der Waals surface area contributed by atoms with Gasteiger partial charge in [0, 0.05) is 19.2 Å². The maximum Gasteiger partial charge on any atom is 0.350 e. The first kappa shape index (κ1) is 25.0. The second-order valence-corrected chi connectivity index (χ2v) is 7.00. The van der Waals surface area contributed by atoms with Crippen LogP contribution >= 0.6 is 35.3 Å². The number of guanidine groups is 1. The van der Waals surface area contributed by atoms with E-state index in [1.54, 1.807) is 46.2 Å². The Kier molecular flexibility index (Phi) is 10.2. The lowest BCUT2D eigenvalue weighted by atomic mass is 10.2. The number of hydrogen-bond donors (Lipinski definition) is 3. The van der Waals surface area contributed by atoms with Gasteiger partial charge in [-0.05, 0) is 39.0 Å². The maximum absolute atomic E-state index is 12.0. The molecule has 0 bridgehead atoms. The average Bonchev–Trinajstić information content (AvgIpc) is 3.08. The molecule has 8 nitrogen and oxygen atoms in total. The standard InChI is InChI=1S/C19H26N4O4S.HI/c1-6-27-18(25)16-11(2)22-17(28-16)12(3)23-19(20-4)21-10-13-9-14(26-5)7-8-15(13)24;/h7-9,12,24H,6,10H2,1-5H3,(H2,20,21,23);1H. The van der Waals surface area contributed by atoms with Gasteiger partial charge in [-0.15, -0.1) is 35.3 Å². The van der Waals surface area contributed by atoms with Gasteiger partial charge in [-0.25, -0.2) is 9.78 Å². The van der Waals surface area contributed by atoms with E-state index >= 15 is 0 Å². The number of thiazole rings is 1. The summed E-state index contributed by atoms with van der Waals surface area (Å²) < 4.78 is 10.2. The van der Waals surface area contributed by atoms with Gasteiger partial charge in [-0.1, -0.05) is 0 Å². The molecular weight excluding hydrogens is 507 g/mol. The minimum absolute atomic E-state index is 0. The number of aromatic nitrogens is 1. The summed E-state index contributed by atoms with van der Waals surface area (Å²) in [6.07, 6.45) is 0. The molecule has 0 radical (unpaired) electrons. The fourth-order valence-electron chi connectivity index (χ4n) is 2.46. The van der Waals surface area contributed by atoms with Crippen LogP contribution in [-0.2, 0) is 11.3 Å². The highest BCUT2D eigenvalue weighted by atomic mass is 127. The molecule has 1 aromatic heterocycles. The summed E-state index contributed by atoms with van der Waals surface area (Å²) in [6.45, 7) is 6.18. The largest absolute Gasteiger partial charge is 0.508 e. The maximum atomic E-state index is 12.0. The van der Waals surface area contributed by atoms with E-state index in [1.807, 2.05) is 6.92 Å². The van der Waals surface area contributed by atoms with E-state index in [1.165, 1.54) is 11.3 Å². The quantitative estimate of drug-likeness (QED) is 0.217. The Morgan fingerprint density at radius 1 is 1.41 bits per heavy atom. The molecule has 0 aliphatic rings. The van der Waals surface area contributed by atoms with Gasteiger partial charge >= 0.3 is 5.97 Å². The molecule has 0 aliphatic heterocycles. The van der Waals surface area contributed by atoms with Gasteiger partial charge in [0.1, 0.15) is 21.4 Å². The summed E-state index contributed by atoms with van der Waals surface area (Å²) in [5, 5.41) is 17.1. The Bertz CT molecular complexity index is 857. The van der Waals surface area contributed by atoms with Gasteiger partial charge in [-0.2, -0.15) is 0 Å². The molecule has 10 heteroatoms. The van der Waals surface area contributed by atoms with Crippen LogP contribution in [-0.4, -0.2) is 42.8 Å². The predicted octanol–water partition coefficient (Wildman–Crippen LogP) is 3.39. The Morgan fingerprint density at radius 2 is 2.14 bits per heavy atom. The second kappa shape index (κ2) is 11.8. The first-order chi connectivity index (χ1) is 13.4. The minimum atomic E-state index is -0.355. The van der Waals surface area contributed by atoms with Crippen molar-refractivity contribution < 1.29 is 19.4 Å². The number of ether oxygens (including phenoxy) is 2. The number of halogens is 1. The first-order valence-electron chi connectivity index (χ1n) is 8.87. The smallest absolute Gasteiger partial charge is 0.350 e. The van der Waals surface area contributed by atoms with Gasteiger partial charge < -0.3 is 25.2 Å². The van der Waals surface area contributed by atoms with Crippen molar-refractivity contribution in [2.24, 2.45) is 4.99 Å². The van der Waals surface area contributed by atoms with Crippen LogP contribution in [0.25, 0.3) is 0 Å². The zero-order valence-corrected chi connectivity index (χ0v) is 20.3. The van der Waals surface area contributed by atoms with Crippen molar-refractivity contribution in [1.29, 1.82) is 0 Å². The van der Waals surface area contributed by atoms with E-state index in [0.29, 0.717) is 41.0 Å². The molecule has 0 saturated heterocycles. The number of benzene rings is 1. The minimum Gasteiger partial charge on any atom is -0.508 e.